The van der Waals surface area contributed by atoms with E-state index in [1.54, 1.807) is 17.0 Å². The van der Waals surface area contributed by atoms with Crippen LogP contribution in [0.15, 0.2) is 60.7 Å². The molecule has 0 aromatic heterocycles. The first-order chi connectivity index (χ1) is 12.7. The molecule has 0 radical (unpaired) electrons. The highest BCUT2D eigenvalue weighted by Crippen LogP contribution is 2.20. The molecule has 2 aromatic rings. The molecule has 1 N–H and O–H groups in total. The second-order valence-corrected chi connectivity index (χ2v) is 6.43. The number of amides is 2. The van der Waals surface area contributed by atoms with Crippen molar-refractivity contribution in [3.8, 4) is 0 Å². The molecule has 138 valence electrons. The van der Waals surface area contributed by atoms with Gasteiger partial charge in [-0.15, -0.1) is 0 Å². The molecular weight excluding hydrogens is 324 g/mol. The minimum Gasteiger partial charge on any atom is -0.350 e. The molecular formula is C22H28N2O2. The summed E-state index contributed by atoms with van der Waals surface area (Å²) < 4.78 is 0. The Hall–Kier alpha value is -2.62. The van der Waals surface area contributed by atoms with Crippen LogP contribution in [0, 0.1) is 0 Å². The average Bonchev–Trinajstić information content (AvgIpc) is 3.17. The molecule has 3 rings (SSSR count). The normalized spacial score (nSPS) is 15.8. The van der Waals surface area contributed by atoms with E-state index in [4.69, 9.17) is 0 Å². The number of carbonyl (C=O) groups is 2. The van der Waals surface area contributed by atoms with Gasteiger partial charge in [-0.3, -0.25) is 9.59 Å². The van der Waals surface area contributed by atoms with Gasteiger partial charge in [-0.2, -0.15) is 0 Å². The zero-order valence-corrected chi connectivity index (χ0v) is 15.7. The van der Waals surface area contributed by atoms with Gasteiger partial charge in [-0.25, -0.2) is 0 Å². The van der Waals surface area contributed by atoms with E-state index in [2.05, 4.69) is 19.2 Å². The van der Waals surface area contributed by atoms with Crippen molar-refractivity contribution in [2.75, 3.05) is 6.54 Å². The van der Waals surface area contributed by atoms with E-state index >= 15 is 0 Å². The van der Waals surface area contributed by atoms with Crippen LogP contribution >= 0.6 is 0 Å². The molecule has 2 aromatic carbocycles. The number of rotatable bonds is 4. The first kappa shape index (κ1) is 19.7. The summed E-state index contributed by atoms with van der Waals surface area (Å²) in [6.07, 6.45) is 2.83. The summed E-state index contributed by atoms with van der Waals surface area (Å²) in [4.78, 5) is 26.7. The highest BCUT2D eigenvalue weighted by molar-refractivity contribution is 5.97. The summed E-state index contributed by atoms with van der Waals surface area (Å²) in [5.41, 5.74) is 1.69. The lowest BCUT2D eigenvalue weighted by molar-refractivity contribution is -0.125. The topological polar surface area (TPSA) is 49.4 Å². The summed E-state index contributed by atoms with van der Waals surface area (Å²) in [7, 11) is 0. The van der Waals surface area contributed by atoms with E-state index in [0.717, 1.165) is 18.4 Å². The molecule has 4 nitrogen and oxygen atoms in total. The maximum absolute atomic E-state index is 12.6. The van der Waals surface area contributed by atoms with Crippen LogP contribution < -0.4 is 5.32 Å². The Morgan fingerprint density at radius 1 is 1.00 bits per heavy atom. The Kier molecular flexibility index (Phi) is 7.87. The molecule has 1 unspecified atom stereocenters. The Labute approximate surface area is 156 Å². The number of nitrogens with zero attached hydrogens (tertiary/aromatic N) is 1. The van der Waals surface area contributed by atoms with Gasteiger partial charge in [0.15, 0.2) is 0 Å². The summed E-state index contributed by atoms with van der Waals surface area (Å²) >= 11 is 0. The predicted octanol–water partition coefficient (Wildman–Crippen LogP) is 4.02. The van der Waals surface area contributed by atoms with Gasteiger partial charge in [0.05, 0.1) is 0 Å². The quantitative estimate of drug-likeness (QED) is 0.903. The van der Waals surface area contributed by atoms with Crippen molar-refractivity contribution in [2.45, 2.75) is 45.7 Å². The fraction of sp³-hybridized carbons (Fsp3) is 0.364. The Balaban J connectivity index is 0.000000758. The smallest absolute Gasteiger partial charge is 0.254 e. The van der Waals surface area contributed by atoms with Crippen molar-refractivity contribution in [1.29, 1.82) is 0 Å². The first-order valence-corrected chi connectivity index (χ1v) is 9.35. The number of hydrogen-bond acceptors (Lipinski definition) is 2. The second kappa shape index (κ2) is 10.4. The van der Waals surface area contributed by atoms with E-state index < -0.39 is 0 Å². The Bertz CT molecular complexity index is 686. The van der Waals surface area contributed by atoms with Crippen LogP contribution in [0.5, 0.6) is 0 Å². The summed E-state index contributed by atoms with van der Waals surface area (Å²) in [5, 5.41) is 2.94. The predicted molar refractivity (Wildman–Crippen MR) is 105 cm³/mol. The zero-order valence-electron chi connectivity index (χ0n) is 15.7. The summed E-state index contributed by atoms with van der Waals surface area (Å²) in [6, 6.07) is 18.6. The summed E-state index contributed by atoms with van der Waals surface area (Å²) in [5.74, 6) is -0.140. The third kappa shape index (κ3) is 5.45. The van der Waals surface area contributed by atoms with E-state index in [1.807, 2.05) is 48.5 Å². The first-order valence-electron chi connectivity index (χ1n) is 9.35. The van der Waals surface area contributed by atoms with E-state index in [1.165, 1.54) is 6.42 Å². The highest BCUT2D eigenvalue weighted by Gasteiger charge is 2.34. The minimum absolute atomic E-state index is 0.0667. The van der Waals surface area contributed by atoms with Gasteiger partial charge in [-0.05, 0) is 30.5 Å². The number of hydrogen-bond donors (Lipinski definition) is 1. The molecule has 4 heteroatoms. The molecule has 1 aliphatic heterocycles. The van der Waals surface area contributed by atoms with Gasteiger partial charge in [0, 0.05) is 18.7 Å². The van der Waals surface area contributed by atoms with Crippen LogP contribution in [-0.2, 0) is 11.3 Å². The SMILES string of the molecule is CCC.O=C(NCc1ccccc1)C1CCCN1C(=O)c1ccccc1. The highest BCUT2D eigenvalue weighted by atomic mass is 16.2. The molecule has 2 amide bonds. The Morgan fingerprint density at radius 2 is 1.58 bits per heavy atom. The van der Waals surface area contributed by atoms with Crippen molar-refractivity contribution < 1.29 is 9.59 Å². The van der Waals surface area contributed by atoms with Crippen molar-refractivity contribution in [3.63, 3.8) is 0 Å². The minimum atomic E-state index is -0.369. The maximum Gasteiger partial charge on any atom is 0.254 e. The third-order valence-electron chi connectivity index (χ3n) is 4.15. The van der Waals surface area contributed by atoms with Crippen LogP contribution in [-0.4, -0.2) is 29.3 Å². The fourth-order valence-corrected chi connectivity index (χ4v) is 2.93. The molecule has 0 bridgehead atoms. The van der Waals surface area contributed by atoms with Gasteiger partial charge in [-0.1, -0.05) is 68.8 Å². The van der Waals surface area contributed by atoms with Gasteiger partial charge in [0.1, 0.15) is 6.04 Å². The van der Waals surface area contributed by atoms with Crippen molar-refractivity contribution in [2.24, 2.45) is 0 Å². The Morgan fingerprint density at radius 3 is 2.19 bits per heavy atom. The second-order valence-electron chi connectivity index (χ2n) is 6.43. The lowest BCUT2D eigenvalue weighted by atomic mass is 10.1. The monoisotopic (exact) mass is 352 g/mol. The van der Waals surface area contributed by atoms with E-state index in [-0.39, 0.29) is 17.9 Å². The molecule has 1 fully saturated rings. The lowest BCUT2D eigenvalue weighted by Crippen LogP contribution is -2.45. The average molecular weight is 352 g/mol. The van der Waals surface area contributed by atoms with Gasteiger partial charge in [0.25, 0.3) is 5.91 Å². The molecule has 1 atom stereocenters. The molecule has 0 aliphatic carbocycles. The number of benzene rings is 2. The third-order valence-corrected chi connectivity index (χ3v) is 4.15. The van der Waals surface area contributed by atoms with Gasteiger partial charge >= 0.3 is 0 Å². The number of nitrogens with one attached hydrogen (secondary N) is 1. The fourth-order valence-electron chi connectivity index (χ4n) is 2.93. The maximum atomic E-state index is 12.6. The molecule has 1 aliphatic rings. The van der Waals surface area contributed by atoms with Crippen LogP contribution in [0.1, 0.15) is 49.0 Å². The lowest BCUT2D eigenvalue weighted by Gasteiger charge is -2.24. The van der Waals surface area contributed by atoms with Gasteiger partial charge < -0.3 is 10.2 Å². The largest absolute Gasteiger partial charge is 0.350 e. The van der Waals surface area contributed by atoms with Gasteiger partial charge in [0.2, 0.25) is 5.91 Å². The van der Waals surface area contributed by atoms with Crippen molar-refractivity contribution in [1.82, 2.24) is 10.2 Å². The number of carbonyl (C=O) groups excluding carboxylic acids is 2. The van der Waals surface area contributed by atoms with Crippen molar-refractivity contribution in [3.05, 3.63) is 71.8 Å². The van der Waals surface area contributed by atoms with Crippen LogP contribution in [0.25, 0.3) is 0 Å². The summed E-state index contributed by atoms with van der Waals surface area (Å²) in [6.45, 7) is 5.38. The number of likely N-dealkylation sites (tertiary alicyclic amines) is 1. The molecule has 1 heterocycles. The van der Waals surface area contributed by atoms with Crippen LogP contribution in [0.2, 0.25) is 0 Å². The zero-order chi connectivity index (χ0) is 18.8. The molecule has 26 heavy (non-hydrogen) atoms. The van der Waals surface area contributed by atoms with E-state index in [0.29, 0.717) is 18.7 Å². The standard InChI is InChI=1S/C19H20N2O2.C3H8/c22-18(20-14-15-8-3-1-4-9-15)17-12-7-13-21(17)19(23)16-10-5-2-6-11-16;1-3-2/h1-6,8-11,17H,7,12-14H2,(H,20,22);3H2,1-2H3. The molecule has 0 saturated carbocycles. The molecule has 1 saturated heterocycles. The van der Waals surface area contributed by atoms with Crippen LogP contribution in [0.4, 0.5) is 0 Å². The van der Waals surface area contributed by atoms with E-state index in [9.17, 15) is 9.59 Å². The van der Waals surface area contributed by atoms with Crippen LogP contribution in [0.3, 0.4) is 0 Å². The van der Waals surface area contributed by atoms with Crippen molar-refractivity contribution >= 4 is 11.8 Å². The molecule has 0 spiro atoms.